The Morgan fingerprint density at radius 1 is 1.20 bits per heavy atom. The van der Waals surface area contributed by atoms with Crippen LogP contribution in [0.1, 0.15) is 11.1 Å². The van der Waals surface area contributed by atoms with Gasteiger partial charge in [-0.3, -0.25) is 0 Å². The highest BCUT2D eigenvalue weighted by atomic mass is 16.2. The zero-order valence-electron chi connectivity index (χ0n) is 10.8. The number of urea groups is 1. The highest BCUT2D eigenvalue weighted by Gasteiger charge is 2.06. The van der Waals surface area contributed by atoms with Crippen LogP contribution >= 0.6 is 0 Å². The van der Waals surface area contributed by atoms with E-state index < -0.39 is 0 Å². The maximum absolute atomic E-state index is 11.8. The van der Waals surface area contributed by atoms with Crippen LogP contribution in [-0.4, -0.2) is 6.03 Å². The molecule has 0 aliphatic rings. The summed E-state index contributed by atoms with van der Waals surface area (Å²) in [6.07, 6.45) is 0. The summed E-state index contributed by atoms with van der Waals surface area (Å²) in [5.41, 5.74) is 7.84. The Bertz CT molecular complexity index is 647. The Morgan fingerprint density at radius 2 is 1.95 bits per heavy atom. The van der Waals surface area contributed by atoms with Gasteiger partial charge in [0.2, 0.25) is 0 Å². The fourth-order valence-corrected chi connectivity index (χ4v) is 1.71. The van der Waals surface area contributed by atoms with Gasteiger partial charge in [-0.2, -0.15) is 5.26 Å². The van der Waals surface area contributed by atoms with Crippen LogP contribution in [0, 0.1) is 11.3 Å². The molecule has 4 N–H and O–H groups in total. The van der Waals surface area contributed by atoms with Gasteiger partial charge < -0.3 is 16.4 Å². The van der Waals surface area contributed by atoms with Gasteiger partial charge >= 0.3 is 6.03 Å². The number of benzene rings is 2. The molecule has 0 aliphatic heterocycles. The first-order valence-corrected chi connectivity index (χ1v) is 6.07. The molecular weight excluding hydrogens is 252 g/mol. The topological polar surface area (TPSA) is 90.9 Å². The summed E-state index contributed by atoms with van der Waals surface area (Å²) in [6, 6.07) is 16.0. The van der Waals surface area contributed by atoms with Gasteiger partial charge in [-0.15, -0.1) is 0 Å². The van der Waals surface area contributed by atoms with Crippen molar-refractivity contribution in [1.82, 2.24) is 5.32 Å². The van der Waals surface area contributed by atoms with Crippen molar-refractivity contribution >= 4 is 17.4 Å². The quantitative estimate of drug-likeness (QED) is 0.745. The summed E-state index contributed by atoms with van der Waals surface area (Å²) >= 11 is 0. The van der Waals surface area contributed by atoms with E-state index in [1.165, 1.54) is 6.07 Å². The molecule has 5 nitrogen and oxygen atoms in total. The van der Waals surface area contributed by atoms with Gasteiger partial charge in [-0.05, 0) is 23.8 Å². The van der Waals surface area contributed by atoms with Gasteiger partial charge in [0.1, 0.15) is 6.07 Å². The summed E-state index contributed by atoms with van der Waals surface area (Å²) in [7, 11) is 0. The molecule has 0 radical (unpaired) electrons. The molecule has 20 heavy (non-hydrogen) atoms. The number of rotatable bonds is 3. The fraction of sp³-hybridized carbons (Fsp3) is 0.0667. The van der Waals surface area contributed by atoms with Crippen LogP contribution in [-0.2, 0) is 6.54 Å². The van der Waals surface area contributed by atoms with E-state index in [4.69, 9.17) is 11.0 Å². The minimum atomic E-state index is -0.366. The smallest absolute Gasteiger partial charge is 0.319 e. The lowest BCUT2D eigenvalue weighted by Crippen LogP contribution is -2.28. The lowest BCUT2D eigenvalue weighted by atomic mass is 10.2. The maximum atomic E-state index is 11.8. The van der Waals surface area contributed by atoms with Gasteiger partial charge in [0, 0.05) is 12.2 Å². The Kier molecular flexibility index (Phi) is 4.20. The molecule has 0 unspecified atom stereocenters. The summed E-state index contributed by atoms with van der Waals surface area (Å²) in [4.78, 5) is 11.8. The zero-order chi connectivity index (χ0) is 14.4. The third-order valence-electron chi connectivity index (χ3n) is 2.71. The zero-order valence-corrected chi connectivity index (χ0v) is 10.8. The Labute approximate surface area is 117 Å². The Morgan fingerprint density at radius 3 is 2.65 bits per heavy atom. The minimum absolute atomic E-state index is 0.333. The van der Waals surface area contributed by atoms with Crippen molar-refractivity contribution in [1.29, 1.82) is 5.26 Å². The second-order valence-electron chi connectivity index (χ2n) is 4.21. The number of hydrogen-bond donors (Lipinski definition) is 3. The molecule has 0 spiro atoms. The van der Waals surface area contributed by atoms with Crippen LogP contribution in [0.25, 0.3) is 0 Å². The first-order chi connectivity index (χ1) is 9.69. The van der Waals surface area contributed by atoms with E-state index >= 15 is 0 Å². The van der Waals surface area contributed by atoms with Crippen molar-refractivity contribution in [3.63, 3.8) is 0 Å². The molecule has 2 rings (SSSR count). The normalized spacial score (nSPS) is 9.55. The monoisotopic (exact) mass is 266 g/mol. The predicted octanol–water partition coefficient (Wildman–Crippen LogP) is 2.46. The number of amides is 2. The van der Waals surface area contributed by atoms with Crippen LogP contribution in [0.5, 0.6) is 0 Å². The predicted molar refractivity (Wildman–Crippen MR) is 77.9 cm³/mol. The van der Waals surface area contributed by atoms with E-state index in [-0.39, 0.29) is 6.03 Å². The van der Waals surface area contributed by atoms with Gasteiger partial charge in [-0.1, -0.05) is 30.3 Å². The van der Waals surface area contributed by atoms with Crippen LogP contribution in [0.4, 0.5) is 16.2 Å². The van der Waals surface area contributed by atoms with Crippen molar-refractivity contribution in [2.75, 3.05) is 11.1 Å². The summed E-state index contributed by atoms with van der Waals surface area (Å²) in [5, 5.41) is 14.3. The molecule has 0 saturated carbocycles. The highest BCUT2D eigenvalue weighted by Crippen LogP contribution is 2.17. The largest absolute Gasteiger partial charge is 0.399 e. The van der Waals surface area contributed by atoms with E-state index in [0.29, 0.717) is 23.5 Å². The standard InChI is InChI=1S/C15H14N4O/c16-9-12-8-13(17)6-7-14(12)19-15(20)18-10-11-4-2-1-3-5-11/h1-8H,10,17H2,(H2,18,19,20). The van der Waals surface area contributed by atoms with E-state index in [0.717, 1.165) is 5.56 Å². The van der Waals surface area contributed by atoms with E-state index in [1.807, 2.05) is 36.4 Å². The highest BCUT2D eigenvalue weighted by molar-refractivity contribution is 5.91. The SMILES string of the molecule is N#Cc1cc(N)ccc1NC(=O)NCc1ccccc1. The van der Waals surface area contributed by atoms with Crippen molar-refractivity contribution < 1.29 is 4.79 Å². The molecule has 100 valence electrons. The summed E-state index contributed by atoms with van der Waals surface area (Å²) in [6.45, 7) is 0.420. The molecular formula is C15H14N4O. The average Bonchev–Trinajstić information content (AvgIpc) is 2.48. The first kappa shape index (κ1) is 13.4. The van der Waals surface area contributed by atoms with Crippen molar-refractivity contribution in [3.8, 4) is 6.07 Å². The molecule has 0 atom stereocenters. The second kappa shape index (κ2) is 6.25. The van der Waals surface area contributed by atoms with Crippen LogP contribution in [0.2, 0.25) is 0 Å². The molecule has 0 fully saturated rings. The molecule has 2 aromatic carbocycles. The number of nitrogens with zero attached hydrogens (tertiary/aromatic N) is 1. The number of carbonyl (C=O) groups is 1. The van der Waals surface area contributed by atoms with Crippen molar-refractivity contribution in [3.05, 3.63) is 59.7 Å². The van der Waals surface area contributed by atoms with Crippen molar-refractivity contribution in [2.45, 2.75) is 6.54 Å². The molecule has 0 saturated heterocycles. The number of hydrogen-bond acceptors (Lipinski definition) is 3. The summed E-state index contributed by atoms with van der Waals surface area (Å²) < 4.78 is 0. The first-order valence-electron chi connectivity index (χ1n) is 6.07. The van der Waals surface area contributed by atoms with Gasteiger partial charge in [-0.25, -0.2) is 4.79 Å². The molecule has 2 aromatic rings. The number of nitrogens with one attached hydrogen (secondary N) is 2. The van der Waals surface area contributed by atoms with E-state index in [1.54, 1.807) is 12.1 Å². The van der Waals surface area contributed by atoms with Crippen LogP contribution < -0.4 is 16.4 Å². The molecule has 5 heteroatoms. The molecule has 0 bridgehead atoms. The molecule has 0 aliphatic carbocycles. The minimum Gasteiger partial charge on any atom is -0.399 e. The number of nitrogens with two attached hydrogens (primary N) is 1. The Hall–Kier alpha value is -3.00. The number of nitrogen functional groups attached to an aromatic ring is 1. The lowest BCUT2D eigenvalue weighted by Gasteiger charge is -2.09. The van der Waals surface area contributed by atoms with E-state index in [9.17, 15) is 4.79 Å². The number of carbonyl (C=O) groups excluding carboxylic acids is 1. The molecule has 2 amide bonds. The third kappa shape index (κ3) is 3.50. The number of nitriles is 1. The number of anilines is 2. The van der Waals surface area contributed by atoms with Gasteiger partial charge in [0.25, 0.3) is 0 Å². The lowest BCUT2D eigenvalue weighted by molar-refractivity contribution is 0.251. The summed E-state index contributed by atoms with van der Waals surface area (Å²) in [5.74, 6) is 0. The fourth-order valence-electron chi connectivity index (χ4n) is 1.71. The second-order valence-corrected chi connectivity index (χ2v) is 4.21. The maximum Gasteiger partial charge on any atom is 0.319 e. The van der Waals surface area contributed by atoms with Crippen LogP contribution in [0.3, 0.4) is 0 Å². The van der Waals surface area contributed by atoms with Crippen LogP contribution in [0.15, 0.2) is 48.5 Å². The molecule has 0 heterocycles. The molecule has 0 aromatic heterocycles. The van der Waals surface area contributed by atoms with Gasteiger partial charge in [0.15, 0.2) is 0 Å². The van der Waals surface area contributed by atoms with Gasteiger partial charge in [0.05, 0.1) is 11.3 Å². The van der Waals surface area contributed by atoms with Crippen molar-refractivity contribution in [2.24, 2.45) is 0 Å². The third-order valence-corrected chi connectivity index (χ3v) is 2.71. The van der Waals surface area contributed by atoms with E-state index in [2.05, 4.69) is 10.6 Å². The Balaban J connectivity index is 1.97. The average molecular weight is 266 g/mol.